The summed E-state index contributed by atoms with van der Waals surface area (Å²) in [4.78, 5) is 17.9. The van der Waals surface area contributed by atoms with Crippen molar-refractivity contribution in [3.8, 4) is 0 Å². The van der Waals surface area contributed by atoms with Gasteiger partial charge in [-0.05, 0) is 41.3 Å². The lowest BCUT2D eigenvalue weighted by atomic mass is 9.87. The lowest BCUT2D eigenvalue weighted by Crippen LogP contribution is -2.13. The van der Waals surface area contributed by atoms with E-state index in [9.17, 15) is 9.00 Å². The Balaban J connectivity index is 0.00000187. The number of anilines is 2. The van der Waals surface area contributed by atoms with Gasteiger partial charge in [0.15, 0.2) is 0 Å². The maximum absolute atomic E-state index is 13.1. The van der Waals surface area contributed by atoms with E-state index in [1.807, 2.05) is 36.6 Å². The molecule has 0 amide bonds. The highest BCUT2D eigenvalue weighted by molar-refractivity contribution is 7.99. The fourth-order valence-corrected chi connectivity index (χ4v) is 4.29. The van der Waals surface area contributed by atoms with Crippen molar-refractivity contribution in [3.63, 3.8) is 0 Å². The minimum atomic E-state index is -1.58. The second-order valence-electron chi connectivity index (χ2n) is 7.91. The summed E-state index contributed by atoms with van der Waals surface area (Å²) in [5, 5.41) is 12.3. The Morgan fingerprint density at radius 1 is 1.09 bits per heavy atom. The lowest BCUT2D eigenvalue weighted by molar-refractivity contribution is -0.176. The topological polar surface area (TPSA) is 112 Å². The van der Waals surface area contributed by atoms with Crippen LogP contribution in [0.15, 0.2) is 65.7 Å². The van der Waals surface area contributed by atoms with Crippen LogP contribution in [0.1, 0.15) is 42.4 Å². The highest BCUT2D eigenvalue weighted by Gasteiger charge is 2.19. The van der Waals surface area contributed by atoms with Crippen LogP contribution in [-0.2, 0) is 16.4 Å². The van der Waals surface area contributed by atoms with Crippen LogP contribution in [0.25, 0.3) is 0 Å². The number of carbonyl (C=O) groups excluding carboxylic acids is 1. The van der Waals surface area contributed by atoms with Crippen molar-refractivity contribution in [2.24, 2.45) is 0 Å². The molecule has 0 bridgehead atoms. The second kappa shape index (κ2) is 12.2. The van der Waals surface area contributed by atoms with Gasteiger partial charge in [0.25, 0.3) is 0 Å². The number of halogens is 1. The molecular formula is C23H26ClN3O4S2. The van der Waals surface area contributed by atoms with Crippen molar-refractivity contribution in [2.75, 3.05) is 15.7 Å². The van der Waals surface area contributed by atoms with E-state index in [0.717, 1.165) is 11.3 Å². The highest BCUT2D eigenvalue weighted by atomic mass is 35.5. The van der Waals surface area contributed by atoms with Gasteiger partial charge in [-0.15, -0.1) is 0 Å². The largest absolute Gasteiger partial charge is 0.330 e. The number of hydrogen-bond acceptors (Lipinski definition) is 7. The Bertz CT molecular complexity index is 1120. The fraction of sp³-hybridized carbons (Fsp3) is 0.217. The number of aromatic nitrogens is 1. The van der Waals surface area contributed by atoms with Crippen molar-refractivity contribution >= 4 is 51.7 Å². The summed E-state index contributed by atoms with van der Waals surface area (Å²) in [6.45, 7) is 6.36. The van der Waals surface area contributed by atoms with Crippen LogP contribution in [0.2, 0.25) is 5.02 Å². The van der Waals surface area contributed by atoms with Crippen molar-refractivity contribution < 1.29 is 19.5 Å². The number of pyridine rings is 1. The molecular weight excluding hydrogens is 482 g/mol. The Labute approximate surface area is 205 Å². The summed E-state index contributed by atoms with van der Waals surface area (Å²) in [5.41, 5.74) is 2.90. The van der Waals surface area contributed by atoms with Crippen LogP contribution in [-0.4, -0.2) is 31.7 Å². The van der Waals surface area contributed by atoms with E-state index >= 15 is 0 Å². The molecule has 0 saturated carbocycles. The van der Waals surface area contributed by atoms with Crippen LogP contribution in [0.3, 0.4) is 0 Å². The summed E-state index contributed by atoms with van der Waals surface area (Å²) in [5.74, 6) is -0.288. The molecule has 3 rings (SSSR count). The van der Waals surface area contributed by atoms with Crippen molar-refractivity contribution in [2.45, 2.75) is 31.1 Å². The smallest absolute Gasteiger partial charge is 0.213 e. The van der Waals surface area contributed by atoms with E-state index in [4.69, 9.17) is 22.1 Å². The van der Waals surface area contributed by atoms with E-state index in [1.165, 1.54) is 18.1 Å². The van der Waals surface area contributed by atoms with Gasteiger partial charge >= 0.3 is 0 Å². The van der Waals surface area contributed by atoms with Crippen LogP contribution >= 0.6 is 23.5 Å². The molecule has 0 saturated heterocycles. The number of nitrogens with one attached hydrogen (secondary N) is 2. The average molecular weight is 508 g/mol. The predicted molar refractivity (Wildman–Crippen MR) is 137 cm³/mol. The SMILES string of the molecule is CSNc1cccc(C(=O)c2ncc(Cl)cc2NS(=O)c2ccc(C(C)(C)C)cc2)c1.OO. The summed E-state index contributed by atoms with van der Waals surface area (Å²) in [6.07, 6.45) is 3.31. The second-order valence-corrected chi connectivity index (χ2v) is 10.2. The van der Waals surface area contributed by atoms with Gasteiger partial charge < -0.3 is 4.72 Å². The van der Waals surface area contributed by atoms with Crippen molar-refractivity contribution in [1.29, 1.82) is 0 Å². The maximum atomic E-state index is 13.1. The summed E-state index contributed by atoms with van der Waals surface area (Å²) in [6, 6.07) is 16.3. The maximum Gasteiger partial charge on any atom is 0.213 e. The molecule has 1 heterocycles. The first kappa shape index (κ1) is 26.8. The average Bonchev–Trinajstić information content (AvgIpc) is 2.80. The zero-order valence-corrected chi connectivity index (χ0v) is 21.0. The first-order valence-electron chi connectivity index (χ1n) is 9.77. The molecule has 3 aromatic rings. The third-order valence-corrected chi connectivity index (χ3v) is 6.30. The van der Waals surface area contributed by atoms with Gasteiger partial charge in [0, 0.05) is 23.7 Å². The molecule has 1 atom stereocenters. The molecule has 176 valence electrons. The van der Waals surface area contributed by atoms with E-state index in [-0.39, 0.29) is 16.9 Å². The Hall–Kier alpha value is -2.43. The monoisotopic (exact) mass is 507 g/mol. The van der Waals surface area contributed by atoms with Gasteiger partial charge in [-0.25, -0.2) is 9.19 Å². The summed E-state index contributed by atoms with van der Waals surface area (Å²) < 4.78 is 18.9. The Morgan fingerprint density at radius 3 is 2.36 bits per heavy atom. The van der Waals surface area contributed by atoms with E-state index in [0.29, 0.717) is 21.2 Å². The number of nitrogens with zero attached hydrogens (tertiary/aromatic N) is 1. The van der Waals surface area contributed by atoms with Gasteiger partial charge in [0.05, 0.1) is 15.6 Å². The molecule has 4 N–H and O–H groups in total. The first-order chi connectivity index (χ1) is 15.7. The highest BCUT2D eigenvalue weighted by Crippen LogP contribution is 2.26. The molecule has 33 heavy (non-hydrogen) atoms. The first-order valence-corrected chi connectivity index (χ1v) is 12.5. The quantitative estimate of drug-likeness (QED) is 0.132. The van der Waals surface area contributed by atoms with E-state index in [2.05, 4.69) is 35.2 Å². The summed E-state index contributed by atoms with van der Waals surface area (Å²) >= 11 is 7.55. The zero-order valence-electron chi connectivity index (χ0n) is 18.6. The number of rotatable bonds is 7. The normalized spacial score (nSPS) is 11.7. The summed E-state index contributed by atoms with van der Waals surface area (Å²) in [7, 11) is -1.58. The number of carbonyl (C=O) groups is 1. The fourth-order valence-electron chi connectivity index (χ4n) is 2.91. The molecule has 1 unspecified atom stereocenters. The minimum absolute atomic E-state index is 0.00356. The molecule has 0 aliphatic heterocycles. The van der Waals surface area contributed by atoms with Gasteiger partial charge in [0.2, 0.25) is 5.78 Å². The Morgan fingerprint density at radius 2 is 1.76 bits per heavy atom. The molecule has 1 aromatic heterocycles. The van der Waals surface area contributed by atoms with Gasteiger partial charge in [-0.3, -0.25) is 20.0 Å². The Kier molecular flexibility index (Phi) is 9.87. The van der Waals surface area contributed by atoms with E-state index in [1.54, 1.807) is 24.3 Å². The van der Waals surface area contributed by atoms with Gasteiger partial charge in [0.1, 0.15) is 16.7 Å². The van der Waals surface area contributed by atoms with Gasteiger partial charge in [-0.2, -0.15) is 0 Å². The molecule has 2 aromatic carbocycles. The van der Waals surface area contributed by atoms with Crippen molar-refractivity contribution in [1.82, 2.24) is 4.98 Å². The van der Waals surface area contributed by atoms with Crippen LogP contribution < -0.4 is 9.44 Å². The van der Waals surface area contributed by atoms with Gasteiger partial charge in [-0.1, -0.05) is 68.6 Å². The molecule has 0 fully saturated rings. The minimum Gasteiger partial charge on any atom is -0.330 e. The molecule has 7 nitrogen and oxygen atoms in total. The number of hydrogen-bond donors (Lipinski definition) is 4. The number of benzene rings is 2. The third-order valence-electron chi connectivity index (χ3n) is 4.55. The van der Waals surface area contributed by atoms with Crippen LogP contribution in [0.4, 0.5) is 11.4 Å². The van der Waals surface area contributed by atoms with Crippen LogP contribution in [0, 0.1) is 0 Å². The molecule has 0 aliphatic carbocycles. The standard InChI is InChI=1S/C23H24ClN3O2S2.H2O2/c1-23(2,3)16-8-10-19(11-9-16)31(29)27-20-13-17(24)14-25-21(20)22(28)15-6-5-7-18(12-15)26-30-4;1-2/h5-14,26-27H,1-4H3;1-2H. The number of ketones is 1. The molecule has 0 aliphatic rings. The van der Waals surface area contributed by atoms with Crippen LogP contribution in [0.5, 0.6) is 0 Å². The zero-order chi connectivity index (χ0) is 24.6. The molecule has 10 heteroatoms. The molecule has 0 radical (unpaired) electrons. The molecule has 0 spiro atoms. The predicted octanol–water partition coefficient (Wildman–Crippen LogP) is 6.11. The third kappa shape index (κ3) is 7.28. The van der Waals surface area contributed by atoms with E-state index < -0.39 is 11.0 Å². The van der Waals surface area contributed by atoms with Crippen molar-refractivity contribution in [3.05, 3.63) is 82.6 Å². The lowest BCUT2D eigenvalue weighted by Gasteiger charge is -2.19.